The SMILES string of the molecule is C/C(=C\COc1c(C)c(C)c2c(c1C)CCC(C)(C(=O)O)O2)CCC[C@H](C)CCC[C@H](C)CCCC(C)C. The van der Waals surface area contributed by atoms with E-state index in [0.29, 0.717) is 19.4 Å². The van der Waals surface area contributed by atoms with Gasteiger partial charge in [-0.3, -0.25) is 0 Å². The highest BCUT2D eigenvalue weighted by atomic mass is 16.5. The van der Waals surface area contributed by atoms with Crippen molar-refractivity contribution in [2.24, 2.45) is 17.8 Å². The highest BCUT2D eigenvalue weighted by molar-refractivity contribution is 5.78. The summed E-state index contributed by atoms with van der Waals surface area (Å²) in [6.45, 7) is 20.0. The van der Waals surface area contributed by atoms with Crippen LogP contribution in [0.2, 0.25) is 0 Å². The molecule has 2 rings (SSSR count). The summed E-state index contributed by atoms with van der Waals surface area (Å²) in [5.41, 5.74) is 4.40. The zero-order chi connectivity index (χ0) is 28.5. The fraction of sp³-hybridized carbons (Fsp3) is 0.735. The van der Waals surface area contributed by atoms with Crippen LogP contribution in [-0.4, -0.2) is 23.3 Å². The summed E-state index contributed by atoms with van der Waals surface area (Å²) in [6, 6.07) is 0. The van der Waals surface area contributed by atoms with Crippen molar-refractivity contribution in [3.05, 3.63) is 33.9 Å². The van der Waals surface area contributed by atoms with E-state index in [2.05, 4.69) is 47.6 Å². The summed E-state index contributed by atoms with van der Waals surface area (Å²) in [5, 5.41) is 9.61. The smallest absolute Gasteiger partial charge is 0.347 e. The van der Waals surface area contributed by atoms with Crippen LogP contribution in [0, 0.1) is 38.5 Å². The number of carboxylic acids is 1. The van der Waals surface area contributed by atoms with Gasteiger partial charge >= 0.3 is 5.97 Å². The Labute approximate surface area is 233 Å². The number of benzene rings is 1. The van der Waals surface area contributed by atoms with Crippen molar-refractivity contribution < 1.29 is 19.4 Å². The van der Waals surface area contributed by atoms with Crippen LogP contribution in [0.4, 0.5) is 0 Å². The van der Waals surface area contributed by atoms with E-state index >= 15 is 0 Å². The fourth-order valence-electron chi connectivity index (χ4n) is 5.68. The van der Waals surface area contributed by atoms with Crippen molar-refractivity contribution >= 4 is 5.97 Å². The maximum absolute atomic E-state index is 11.7. The molecule has 216 valence electrons. The van der Waals surface area contributed by atoms with Gasteiger partial charge in [-0.15, -0.1) is 0 Å². The molecule has 38 heavy (non-hydrogen) atoms. The first-order chi connectivity index (χ1) is 17.9. The minimum atomic E-state index is -1.16. The van der Waals surface area contributed by atoms with Gasteiger partial charge in [-0.2, -0.15) is 0 Å². The third-order valence-corrected chi connectivity index (χ3v) is 8.74. The quantitative estimate of drug-likeness (QED) is 0.217. The van der Waals surface area contributed by atoms with E-state index in [0.717, 1.165) is 57.9 Å². The molecule has 0 saturated heterocycles. The highest BCUT2D eigenvalue weighted by Crippen LogP contribution is 2.43. The first-order valence-electron chi connectivity index (χ1n) is 15.2. The number of aliphatic carboxylic acids is 1. The summed E-state index contributed by atoms with van der Waals surface area (Å²) in [6.07, 6.45) is 15.3. The largest absolute Gasteiger partial charge is 0.489 e. The number of hydrogen-bond donors (Lipinski definition) is 1. The molecule has 0 fully saturated rings. The van der Waals surface area contributed by atoms with Crippen molar-refractivity contribution in [1.29, 1.82) is 0 Å². The molecular weight excluding hydrogens is 472 g/mol. The lowest BCUT2D eigenvalue weighted by Crippen LogP contribution is -2.44. The molecule has 0 spiro atoms. The third kappa shape index (κ3) is 9.35. The van der Waals surface area contributed by atoms with E-state index in [4.69, 9.17) is 9.47 Å². The van der Waals surface area contributed by atoms with Gasteiger partial charge in [0, 0.05) is 12.0 Å². The Bertz CT molecular complexity index is 945. The van der Waals surface area contributed by atoms with Gasteiger partial charge in [0.05, 0.1) is 0 Å². The highest BCUT2D eigenvalue weighted by Gasteiger charge is 2.40. The molecule has 0 amide bonds. The minimum absolute atomic E-state index is 0.465. The zero-order valence-corrected chi connectivity index (χ0v) is 26.0. The number of hydrogen-bond acceptors (Lipinski definition) is 3. The van der Waals surface area contributed by atoms with Crippen molar-refractivity contribution in [2.45, 2.75) is 139 Å². The Morgan fingerprint density at radius 2 is 1.53 bits per heavy atom. The summed E-state index contributed by atoms with van der Waals surface area (Å²) < 4.78 is 12.3. The van der Waals surface area contributed by atoms with Crippen LogP contribution in [0.15, 0.2) is 11.6 Å². The lowest BCUT2D eigenvalue weighted by atomic mass is 9.87. The van der Waals surface area contributed by atoms with Crippen LogP contribution >= 0.6 is 0 Å². The molecule has 1 aromatic rings. The molecule has 0 radical (unpaired) electrons. The third-order valence-electron chi connectivity index (χ3n) is 8.74. The number of carboxylic acid groups (broad SMARTS) is 1. The van der Waals surface area contributed by atoms with Gasteiger partial charge in [0.1, 0.15) is 18.1 Å². The number of allylic oxidation sites excluding steroid dienone is 1. The predicted octanol–water partition coefficient (Wildman–Crippen LogP) is 9.54. The molecule has 1 N–H and O–H groups in total. The van der Waals surface area contributed by atoms with Gasteiger partial charge in [0.15, 0.2) is 0 Å². The van der Waals surface area contributed by atoms with Crippen molar-refractivity contribution in [3.8, 4) is 11.5 Å². The lowest BCUT2D eigenvalue weighted by Gasteiger charge is -2.35. The zero-order valence-electron chi connectivity index (χ0n) is 26.0. The standard InChI is InChI=1S/C34H56O4/c1-23(2)13-10-14-24(3)15-11-16-25(4)17-12-18-26(5)20-22-37-31-27(6)28(7)32-30(29(31)8)19-21-34(9,38-32)33(35)36/h20,23-25H,10-19,21-22H2,1-9H3,(H,35,36)/b26-20+/t24-,25-,34?/m1/s1. The van der Waals surface area contributed by atoms with Crippen LogP contribution in [0.3, 0.4) is 0 Å². The Hall–Kier alpha value is -1.97. The van der Waals surface area contributed by atoms with Crippen molar-refractivity contribution in [3.63, 3.8) is 0 Å². The maximum Gasteiger partial charge on any atom is 0.347 e. The minimum Gasteiger partial charge on any atom is -0.489 e. The van der Waals surface area contributed by atoms with E-state index in [1.54, 1.807) is 6.92 Å². The second-order valence-corrected chi connectivity index (χ2v) is 12.9. The number of ether oxygens (including phenoxy) is 2. The normalized spacial score (nSPS) is 19.2. The Morgan fingerprint density at radius 3 is 2.11 bits per heavy atom. The molecule has 0 saturated carbocycles. The average molecular weight is 529 g/mol. The second kappa shape index (κ2) is 15.0. The first-order valence-corrected chi connectivity index (χ1v) is 15.2. The van der Waals surface area contributed by atoms with E-state index in [9.17, 15) is 9.90 Å². The van der Waals surface area contributed by atoms with Crippen LogP contribution < -0.4 is 9.47 Å². The lowest BCUT2D eigenvalue weighted by molar-refractivity contribution is -0.155. The first kappa shape index (κ1) is 32.2. The Morgan fingerprint density at radius 1 is 0.947 bits per heavy atom. The molecule has 0 aliphatic carbocycles. The Kier molecular flexibility index (Phi) is 12.7. The molecule has 3 atom stereocenters. The fourth-order valence-corrected chi connectivity index (χ4v) is 5.68. The number of fused-ring (bicyclic) bond motifs is 1. The summed E-state index contributed by atoms with van der Waals surface area (Å²) in [5.74, 6) is 3.24. The van der Waals surface area contributed by atoms with Crippen molar-refractivity contribution in [2.75, 3.05) is 6.61 Å². The van der Waals surface area contributed by atoms with E-state index in [1.165, 1.54) is 56.9 Å². The number of carbonyl (C=O) groups is 1. The maximum atomic E-state index is 11.7. The molecule has 0 bridgehead atoms. The molecule has 1 aromatic carbocycles. The Balaban J connectivity index is 1.78. The summed E-state index contributed by atoms with van der Waals surface area (Å²) in [7, 11) is 0. The molecule has 1 aliphatic rings. The van der Waals surface area contributed by atoms with Crippen molar-refractivity contribution in [1.82, 2.24) is 0 Å². The molecule has 1 aliphatic heterocycles. The van der Waals surface area contributed by atoms with Gasteiger partial charge in [-0.1, -0.05) is 78.2 Å². The van der Waals surface area contributed by atoms with Gasteiger partial charge < -0.3 is 14.6 Å². The van der Waals surface area contributed by atoms with Gasteiger partial charge in [0.25, 0.3) is 0 Å². The summed E-state index contributed by atoms with van der Waals surface area (Å²) >= 11 is 0. The van der Waals surface area contributed by atoms with Gasteiger partial charge in [-0.05, 0) is 94.4 Å². The van der Waals surface area contributed by atoms with Gasteiger partial charge in [0.2, 0.25) is 5.60 Å². The summed E-state index contributed by atoms with van der Waals surface area (Å²) in [4.78, 5) is 11.7. The van der Waals surface area contributed by atoms with Crippen LogP contribution in [0.25, 0.3) is 0 Å². The monoisotopic (exact) mass is 528 g/mol. The van der Waals surface area contributed by atoms with Crippen LogP contribution in [0.5, 0.6) is 11.5 Å². The van der Waals surface area contributed by atoms with E-state index in [-0.39, 0.29) is 0 Å². The molecule has 4 heteroatoms. The van der Waals surface area contributed by atoms with Gasteiger partial charge in [-0.25, -0.2) is 4.79 Å². The van der Waals surface area contributed by atoms with Crippen LogP contribution in [0.1, 0.15) is 128 Å². The molecule has 0 aromatic heterocycles. The van der Waals surface area contributed by atoms with Crippen LogP contribution in [-0.2, 0) is 11.2 Å². The average Bonchev–Trinajstić information content (AvgIpc) is 2.84. The molecule has 1 heterocycles. The number of rotatable bonds is 16. The molecule has 4 nitrogen and oxygen atoms in total. The van der Waals surface area contributed by atoms with E-state index < -0.39 is 11.6 Å². The molecule has 1 unspecified atom stereocenters. The topological polar surface area (TPSA) is 55.8 Å². The van der Waals surface area contributed by atoms with E-state index in [1.807, 2.05) is 13.8 Å². The predicted molar refractivity (Wildman–Crippen MR) is 160 cm³/mol. The molecular formula is C34H56O4. The second-order valence-electron chi connectivity index (χ2n) is 12.9.